The van der Waals surface area contributed by atoms with Crippen LogP contribution in [0.5, 0.6) is 0 Å². The van der Waals surface area contributed by atoms with Crippen molar-refractivity contribution in [2.75, 3.05) is 0 Å². The van der Waals surface area contributed by atoms with Crippen molar-refractivity contribution in [2.45, 2.75) is 19.9 Å². The van der Waals surface area contributed by atoms with Gasteiger partial charge in [-0.3, -0.25) is 0 Å². The second-order valence-electron chi connectivity index (χ2n) is 4.39. The topological polar surface area (TPSA) is 26.0 Å². The summed E-state index contributed by atoms with van der Waals surface area (Å²) in [6.45, 7) is 4.16. The lowest BCUT2D eigenvalue weighted by Crippen LogP contribution is -2.13. The standard InChI is InChI=1S/C15H16ClN/c1-10-6-7-11(2)14(8-10)15(17)12-4-3-5-13(16)9-12/h3-9,15H,17H2,1-2H3. The van der Waals surface area contributed by atoms with Crippen molar-refractivity contribution in [1.82, 2.24) is 0 Å². The summed E-state index contributed by atoms with van der Waals surface area (Å²) in [5.41, 5.74) is 10.9. The number of halogens is 1. The van der Waals surface area contributed by atoms with Gasteiger partial charge in [-0.2, -0.15) is 0 Å². The maximum Gasteiger partial charge on any atom is 0.0554 e. The van der Waals surface area contributed by atoms with E-state index in [1.807, 2.05) is 24.3 Å². The molecule has 88 valence electrons. The van der Waals surface area contributed by atoms with Crippen LogP contribution in [0, 0.1) is 13.8 Å². The third kappa shape index (κ3) is 2.68. The van der Waals surface area contributed by atoms with E-state index >= 15 is 0 Å². The zero-order valence-corrected chi connectivity index (χ0v) is 10.8. The number of hydrogen-bond donors (Lipinski definition) is 1. The fourth-order valence-electron chi connectivity index (χ4n) is 1.97. The van der Waals surface area contributed by atoms with Gasteiger partial charge in [0.2, 0.25) is 0 Å². The molecule has 0 aliphatic carbocycles. The summed E-state index contributed by atoms with van der Waals surface area (Å²) in [6, 6.07) is 14.0. The van der Waals surface area contributed by atoms with Gasteiger partial charge in [-0.1, -0.05) is 47.5 Å². The molecule has 17 heavy (non-hydrogen) atoms. The van der Waals surface area contributed by atoms with E-state index < -0.39 is 0 Å². The zero-order valence-electron chi connectivity index (χ0n) is 10.1. The normalized spacial score (nSPS) is 12.5. The van der Waals surface area contributed by atoms with Crippen molar-refractivity contribution in [3.63, 3.8) is 0 Å². The molecule has 2 aromatic carbocycles. The Bertz CT molecular complexity index is 534. The Morgan fingerprint density at radius 2 is 1.82 bits per heavy atom. The van der Waals surface area contributed by atoms with Gasteiger partial charge in [0, 0.05) is 5.02 Å². The van der Waals surface area contributed by atoms with Gasteiger partial charge in [0.05, 0.1) is 6.04 Å². The molecule has 2 aromatic rings. The number of aryl methyl sites for hydroxylation is 2. The van der Waals surface area contributed by atoms with Crippen LogP contribution in [0.4, 0.5) is 0 Å². The van der Waals surface area contributed by atoms with E-state index in [9.17, 15) is 0 Å². The SMILES string of the molecule is Cc1ccc(C)c(C(N)c2cccc(Cl)c2)c1. The molecule has 2 rings (SSSR count). The van der Waals surface area contributed by atoms with E-state index in [0.29, 0.717) is 0 Å². The molecule has 1 unspecified atom stereocenters. The number of rotatable bonds is 2. The van der Waals surface area contributed by atoms with Crippen LogP contribution in [0.2, 0.25) is 5.02 Å². The van der Waals surface area contributed by atoms with E-state index in [1.165, 1.54) is 11.1 Å². The molecule has 0 bridgehead atoms. The van der Waals surface area contributed by atoms with Crippen molar-refractivity contribution in [3.05, 3.63) is 69.7 Å². The van der Waals surface area contributed by atoms with Crippen LogP contribution in [0.1, 0.15) is 28.3 Å². The van der Waals surface area contributed by atoms with Crippen molar-refractivity contribution >= 4 is 11.6 Å². The van der Waals surface area contributed by atoms with E-state index in [-0.39, 0.29) is 6.04 Å². The summed E-state index contributed by atoms with van der Waals surface area (Å²) in [5, 5.41) is 0.725. The minimum absolute atomic E-state index is 0.117. The molecule has 0 fully saturated rings. The first-order chi connectivity index (χ1) is 8.08. The van der Waals surface area contributed by atoms with Crippen LogP contribution < -0.4 is 5.73 Å². The summed E-state index contributed by atoms with van der Waals surface area (Å²) >= 11 is 5.99. The van der Waals surface area contributed by atoms with E-state index in [4.69, 9.17) is 17.3 Å². The molecule has 0 aliphatic heterocycles. The second kappa shape index (κ2) is 4.91. The highest BCUT2D eigenvalue weighted by Crippen LogP contribution is 2.25. The molecule has 2 heteroatoms. The predicted octanol–water partition coefficient (Wildman–Crippen LogP) is 4.00. The highest BCUT2D eigenvalue weighted by molar-refractivity contribution is 6.30. The highest BCUT2D eigenvalue weighted by atomic mass is 35.5. The van der Waals surface area contributed by atoms with Crippen LogP contribution in [0.3, 0.4) is 0 Å². The highest BCUT2D eigenvalue weighted by Gasteiger charge is 2.11. The molecular formula is C15H16ClN. The molecular weight excluding hydrogens is 230 g/mol. The molecule has 1 atom stereocenters. The molecule has 0 aliphatic rings. The first-order valence-electron chi connectivity index (χ1n) is 5.66. The molecule has 2 N–H and O–H groups in total. The van der Waals surface area contributed by atoms with Crippen molar-refractivity contribution in [1.29, 1.82) is 0 Å². The lowest BCUT2D eigenvalue weighted by Gasteiger charge is -2.16. The molecule has 0 saturated carbocycles. The molecule has 0 aromatic heterocycles. The van der Waals surface area contributed by atoms with Crippen molar-refractivity contribution < 1.29 is 0 Å². The van der Waals surface area contributed by atoms with Crippen LogP contribution >= 0.6 is 11.6 Å². The van der Waals surface area contributed by atoms with Gasteiger partial charge in [0.25, 0.3) is 0 Å². The van der Waals surface area contributed by atoms with Gasteiger partial charge in [-0.25, -0.2) is 0 Å². The van der Waals surface area contributed by atoms with E-state index in [1.54, 1.807) is 0 Å². The number of benzene rings is 2. The van der Waals surface area contributed by atoms with E-state index in [2.05, 4.69) is 32.0 Å². The van der Waals surface area contributed by atoms with Gasteiger partial charge in [0.1, 0.15) is 0 Å². The first kappa shape index (κ1) is 12.2. The maximum atomic E-state index is 6.30. The zero-order chi connectivity index (χ0) is 12.4. The van der Waals surface area contributed by atoms with Crippen LogP contribution in [0.25, 0.3) is 0 Å². The monoisotopic (exact) mass is 245 g/mol. The number of nitrogens with two attached hydrogens (primary N) is 1. The largest absolute Gasteiger partial charge is 0.320 e. The fourth-order valence-corrected chi connectivity index (χ4v) is 2.17. The smallest absolute Gasteiger partial charge is 0.0554 e. The van der Waals surface area contributed by atoms with Crippen LogP contribution in [0.15, 0.2) is 42.5 Å². The summed E-state index contributed by atoms with van der Waals surface area (Å²) in [6.07, 6.45) is 0. The lowest BCUT2D eigenvalue weighted by molar-refractivity contribution is 0.860. The third-order valence-electron chi connectivity index (χ3n) is 2.98. The van der Waals surface area contributed by atoms with Crippen LogP contribution in [-0.2, 0) is 0 Å². The van der Waals surface area contributed by atoms with Crippen LogP contribution in [-0.4, -0.2) is 0 Å². The molecule has 0 radical (unpaired) electrons. The summed E-state index contributed by atoms with van der Waals surface area (Å²) < 4.78 is 0. The summed E-state index contributed by atoms with van der Waals surface area (Å²) in [7, 11) is 0. The Morgan fingerprint density at radius 1 is 1.06 bits per heavy atom. The number of hydrogen-bond acceptors (Lipinski definition) is 1. The molecule has 1 nitrogen and oxygen atoms in total. The average Bonchev–Trinajstić information content (AvgIpc) is 2.31. The Kier molecular flexibility index (Phi) is 3.51. The molecule has 0 amide bonds. The summed E-state index contributed by atoms with van der Waals surface area (Å²) in [5.74, 6) is 0. The molecule has 0 heterocycles. The minimum Gasteiger partial charge on any atom is -0.320 e. The van der Waals surface area contributed by atoms with Gasteiger partial charge in [0.15, 0.2) is 0 Å². The Morgan fingerprint density at radius 3 is 2.53 bits per heavy atom. The quantitative estimate of drug-likeness (QED) is 0.850. The Labute approximate surface area is 107 Å². The van der Waals surface area contributed by atoms with E-state index in [0.717, 1.165) is 16.1 Å². The fraction of sp³-hybridized carbons (Fsp3) is 0.200. The maximum absolute atomic E-state index is 6.30. The Balaban J connectivity index is 2.43. The second-order valence-corrected chi connectivity index (χ2v) is 4.83. The van der Waals surface area contributed by atoms with Gasteiger partial charge in [-0.05, 0) is 42.7 Å². The third-order valence-corrected chi connectivity index (χ3v) is 3.21. The van der Waals surface area contributed by atoms with Crippen molar-refractivity contribution in [2.24, 2.45) is 5.73 Å². The van der Waals surface area contributed by atoms with Gasteiger partial charge in [-0.15, -0.1) is 0 Å². The first-order valence-corrected chi connectivity index (χ1v) is 6.04. The van der Waals surface area contributed by atoms with Gasteiger partial charge >= 0.3 is 0 Å². The van der Waals surface area contributed by atoms with Gasteiger partial charge < -0.3 is 5.73 Å². The average molecular weight is 246 g/mol. The minimum atomic E-state index is -0.117. The Hall–Kier alpha value is -1.31. The predicted molar refractivity (Wildman–Crippen MR) is 73.4 cm³/mol. The molecule has 0 spiro atoms. The summed E-state index contributed by atoms with van der Waals surface area (Å²) in [4.78, 5) is 0. The lowest BCUT2D eigenvalue weighted by atomic mass is 9.94. The van der Waals surface area contributed by atoms with Crippen molar-refractivity contribution in [3.8, 4) is 0 Å². The molecule has 0 saturated heterocycles.